The molecule has 4 aromatic rings. The average Bonchev–Trinajstić information content (AvgIpc) is 3.37. The van der Waals surface area contributed by atoms with Crippen LogP contribution in [0, 0.1) is 0 Å². The molecular weight excluding hydrogens is 478 g/mol. The predicted octanol–water partition coefficient (Wildman–Crippen LogP) is 3.53. The highest BCUT2D eigenvalue weighted by Gasteiger charge is 2.22. The van der Waals surface area contributed by atoms with E-state index in [-0.39, 0.29) is 11.8 Å². The molecule has 194 valence electrons. The number of rotatable bonds is 8. The van der Waals surface area contributed by atoms with E-state index in [1.54, 1.807) is 6.08 Å². The molecule has 0 bridgehead atoms. The Bertz CT molecular complexity index is 1440. The summed E-state index contributed by atoms with van der Waals surface area (Å²) in [5.41, 5.74) is 2.98. The minimum Gasteiger partial charge on any atom is -0.368 e. The summed E-state index contributed by atoms with van der Waals surface area (Å²) in [5.74, 6) is 2.07. The number of hydrogen-bond donors (Lipinski definition) is 3. The Morgan fingerprint density at radius 1 is 0.974 bits per heavy atom. The molecular formula is C29H31N7O2. The molecule has 9 nitrogen and oxygen atoms in total. The lowest BCUT2D eigenvalue weighted by molar-refractivity contribution is -0.126. The van der Waals surface area contributed by atoms with Gasteiger partial charge in [0.1, 0.15) is 11.6 Å². The van der Waals surface area contributed by atoms with Gasteiger partial charge >= 0.3 is 0 Å². The van der Waals surface area contributed by atoms with E-state index in [1.807, 2.05) is 77.8 Å². The Balaban J connectivity index is 1.26. The van der Waals surface area contributed by atoms with E-state index in [0.717, 1.165) is 27.8 Å². The van der Waals surface area contributed by atoms with Crippen LogP contribution in [0.1, 0.15) is 12.5 Å². The fourth-order valence-corrected chi connectivity index (χ4v) is 4.49. The molecule has 3 N–H and O–H groups in total. The van der Waals surface area contributed by atoms with Gasteiger partial charge in [0.15, 0.2) is 5.82 Å². The number of carbonyl (C=O) groups excluding carboxylic acids is 2. The number of hydrogen-bond acceptors (Lipinski definition) is 6. The van der Waals surface area contributed by atoms with Crippen molar-refractivity contribution in [3.63, 3.8) is 0 Å². The highest BCUT2D eigenvalue weighted by atomic mass is 16.2. The van der Waals surface area contributed by atoms with Gasteiger partial charge in [-0.3, -0.25) is 9.59 Å². The van der Waals surface area contributed by atoms with Gasteiger partial charge < -0.3 is 25.4 Å². The van der Waals surface area contributed by atoms with Crippen molar-refractivity contribution in [2.24, 2.45) is 0 Å². The number of para-hydroxylation sites is 1. The van der Waals surface area contributed by atoms with Gasteiger partial charge in [0, 0.05) is 81.0 Å². The predicted molar refractivity (Wildman–Crippen MR) is 151 cm³/mol. The van der Waals surface area contributed by atoms with E-state index >= 15 is 0 Å². The summed E-state index contributed by atoms with van der Waals surface area (Å²) >= 11 is 0. The lowest BCUT2D eigenvalue weighted by Gasteiger charge is -2.35. The van der Waals surface area contributed by atoms with Crippen LogP contribution < -0.4 is 15.5 Å². The summed E-state index contributed by atoms with van der Waals surface area (Å²) in [5, 5.41) is 7.17. The van der Waals surface area contributed by atoms with E-state index in [4.69, 9.17) is 9.97 Å². The van der Waals surface area contributed by atoms with Gasteiger partial charge in [-0.2, -0.15) is 0 Å². The summed E-state index contributed by atoms with van der Waals surface area (Å²) in [4.78, 5) is 40.9. The number of amides is 2. The number of aromatic amines is 1. The zero-order valence-electron chi connectivity index (χ0n) is 21.4. The van der Waals surface area contributed by atoms with Gasteiger partial charge in [0.25, 0.3) is 0 Å². The van der Waals surface area contributed by atoms with E-state index in [2.05, 4.69) is 20.5 Å². The third kappa shape index (κ3) is 6.00. The van der Waals surface area contributed by atoms with Crippen LogP contribution in [0.5, 0.6) is 0 Å². The minimum atomic E-state index is -0.0659. The molecule has 2 amide bonds. The summed E-state index contributed by atoms with van der Waals surface area (Å²) in [6.07, 6.45) is 5.46. The van der Waals surface area contributed by atoms with Crippen LogP contribution in [-0.4, -0.2) is 70.9 Å². The van der Waals surface area contributed by atoms with Gasteiger partial charge in [-0.25, -0.2) is 9.97 Å². The maximum absolute atomic E-state index is 12.9. The first kappa shape index (κ1) is 25.0. The molecule has 1 aliphatic heterocycles. The van der Waals surface area contributed by atoms with Crippen LogP contribution in [0.2, 0.25) is 0 Å². The third-order valence-electron chi connectivity index (χ3n) is 6.49. The van der Waals surface area contributed by atoms with Crippen molar-refractivity contribution < 1.29 is 9.59 Å². The van der Waals surface area contributed by atoms with E-state index in [1.165, 1.54) is 6.92 Å². The van der Waals surface area contributed by atoms with E-state index < -0.39 is 0 Å². The lowest BCUT2D eigenvalue weighted by atomic mass is 10.1. The van der Waals surface area contributed by atoms with Crippen molar-refractivity contribution in [2.45, 2.75) is 6.92 Å². The molecule has 1 aliphatic rings. The fraction of sp³-hybridized carbons (Fsp3) is 0.241. The van der Waals surface area contributed by atoms with Crippen LogP contribution >= 0.6 is 0 Å². The van der Waals surface area contributed by atoms with E-state index in [0.29, 0.717) is 50.9 Å². The Morgan fingerprint density at radius 3 is 2.53 bits per heavy atom. The minimum absolute atomic E-state index is 0.00270. The van der Waals surface area contributed by atoms with Crippen LogP contribution in [0.25, 0.3) is 28.4 Å². The Morgan fingerprint density at radius 2 is 1.74 bits per heavy atom. The van der Waals surface area contributed by atoms with Crippen LogP contribution in [0.15, 0.2) is 72.9 Å². The SMILES string of the molecule is CC(=O)NCCNc1cc(N2CCN(C(=O)C=Cc3c[nH]c4ccccc34)CC2)nc(-c2ccccc2)n1. The van der Waals surface area contributed by atoms with Crippen molar-refractivity contribution in [3.05, 3.63) is 78.5 Å². The van der Waals surface area contributed by atoms with E-state index in [9.17, 15) is 9.59 Å². The first-order valence-corrected chi connectivity index (χ1v) is 12.8. The molecule has 38 heavy (non-hydrogen) atoms. The third-order valence-corrected chi connectivity index (χ3v) is 6.49. The number of piperazine rings is 1. The smallest absolute Gasteiger partial charge is 0.246 e. The largest absolute Gasteiger partial charge is 0.368 e. The molecule has 0 unspecified atom stereocenters. The van der Waals surface area contributed by atoms with Gasteiger partial charge in [-0.05, 0) is 17.7 Å². The molecule has 2 aromatic carbocycles. The summed E-state index contributed by atoms with van der Waals surface area (Å²) in [7, 11) is 0. The van der Waals surface area contributed by atoms with Crippen molar-refractivity contribution in [3.8, 4) is 11.4 Å². The number of fused-ring (bicyclic) bond motifs is 1. The number of anilines is 2. The molecule has 3 heterocycles. The molecule has 9 heteroatoms. The van der Waals surface area contributed by atoms with Gasteiger partial charge in [0.05, 0.1) is 0 Å². The summed E-state index contributed by atoms with van der Waals surface area (Å²) in [6.45, 7) is 5.10. The Hall–Kier alpha value is -4.66. The van der Waals surface area contributed by atoms with Crippen LogP contribution in [-0.2, 0) is 9.59 Å². The topological polar surface area (TPSA) is 106 Å². The molecule has 1 fully saturated rings. The van der Waals surface area contributed by atoms with Gasteiger partial charge in [0.2, 0.25) is 11.8 Å². The second kappa shape index (κ2) is 11.6. The first-order chi connectivity index (χ1) is 18.6. The molecule has 0 radical (unpaired) electrons. The quantitative estimate of drug-likeness (QED) is 0.248. The number of nitrogens with zero attached hydrogens (tertiary/aromatic N) is 4. The molecule has 0 atom stereocenters. The maximum atomic E-state index is 12.9. The molecule has 2 aromatic heterocycles. The number of nitrogens with one attached hydrogen (secondary N) is 3. The highest BCUT2D eigenvalue weighted by molar-refractivity contribution is 5.96. The van der Waals surface area contributed by atoms with Gasteiger partial charge in [-0.15, -0.1) is 0 Å². The zero-order valence-corrected chi connectivity index (χ0v) is 21.4. The molecule has 0 aliphatic carbocycles. The zero-order chi connectivity index (χ0) is 26.3. The molecule has 1 saturated heterocycles. The highest BCUT2D eigenvalue weighted by Crippen LogP contribution is 2.24. The number of carbonyl (C=O) groups is 2. The molecule has 5 rings (SSSR count). The number of H-pyrrole nitrogens is 1. The summed E-state index contributed by atoms with van der Waals surface area (Å²) in [6, 6.07) is 19.8. The first-order valence-electron chi connectivity index (χ1n) is 12.8. The second-order valence-electron chi connectivity index (χ2n) is 9.15. The fourth-order valence-electron chi connectivity index (χ4n) is 4.49. The van der Waals surface area contributed by atoms with Crippen molar-refractivity contribution in [1.82, 2.24) is 25.2 Å². The van der Waals surface area contributed by atoms with Crippen molar-refractivity contribution in [1.29, 1.82) is 0 Å². The molecule has 0 spiro atoms. The maximum Gasteiger partial charge on any atom is 0.246 e. The summed E-state index contributed by atoms with van der Waals surface area (Å²) < 4.78 is 0. The number of benzene rings is 2. The lowest BCUT2D eigenvalue weighted by Crippen LogP contribution is -2.48. The monoisotopic (exact) mass is 509 g/mol. The molecule has 0 saturated carbocycles. The van der Waals surface area contributed by atoms with Crippen LogP contribution in [0.3, 0.4) is 0 Å². The average molecular weight is 510 g/mol. The Labute approximate surface area is 221 Å². The second-order valence-corrected chi connectivity index (χ2v) is 9.15. The van der Waals surface area contributed by atoms with Crippen LogP contribution in [0.4, 0.5) is 11.6 Å². The Kier molecular flexibility index (Phi) is 7.63. The number of aromatic nitrogens is 3. The normalized spacial score (nSPS) is 13.7. The standard InChI is InChI=1S/C29H31N7O2/c1-21(37)30-13-14-31-26-19-27(34-29(33-26)22-7-3-2-4-8-22)35-15-17-36(18-16-35)28(38)12-11-23-20-32-25-10-6-5-9-24(23)25/h2-12,19-20,32H,13-18H2,1H3,(H,30,37)(H,31,33,34). The van der Waals surface area contributed by atoms with Gasteiger partial charge in [-0.1, -0.05) is 48.5 Å². The van der Waals surface area contributed by atoms with Crippen molar-refractivity contribution in [2.75, 3.05) is 49.5 Å². The van der Waals surface area contributed by atoms with Crippen molar-refractivity contribution >= 4 is 40.4 Å².